The highest BCUT2D eigenvalue weighted by molar-refractivity contribution is 6.03. The van der Waals surface area contributed by atoms with Crippen LogP contribution < -0.4 is 20.3 Å². The number of carbonyl (C=O) groups is 1. The standard InChI is InChI=1S/C19H17N3O4/c1-2-25-13-7-9-14(10-8-13)26-17-6-4-3-5-15(17)20-19(24)16-11-12-18(23)22-21-16/h3-12H,2H2,1H3,(H,20,24)(H,22,23). The zero-order valence-corrected chi connectivity index (χ0v) is 14.1. The van der Waals surface area contributed by atoms with Gasteiger partial charge in [0.15, 0.2) is 5.75 Å². The Balaban J connectivity index is 1.76. The van der Waals surface area contributed by atoms with E-state index in [4.69, 9.17) is 9.47 Å². The predicted octanol–water partition coefficient (Wildman–Crippen LogP) is 3.21. The van der Waals surface area contributed by atoms with Crippen LogP contribution in [0.2, 0.25) is 0 Å². The number of carbonyl (C=O) groups excluding carboxylic acids is 1. The van der Waals surface area contributed by atoms with E-state index in [0.29, 0.717) is 23.8 Å². The second-order valence-corrected chi connectivity index (χ2v) is 5.26. The number of amides is 1. The van der Waals surface area contributed by atoms with E-state index in [1.54, 1.807) is 36.4 Å². The van der Waals surface area contributed by atoms with Crippen molar-refractivity contribution in [2.45, 2.75) is 6.92 Å². The zero-order valence-electron chi connectivity index (χ0n) is 14.1. The highest BCUT2D eigenvalue weighted by Crippen LogP contribution is 2.30. The van der Waals surface area contributed by atoms with Crippen LogP contribution >= 0.6 is 0 Å². The number of nitrogens with zero attached hydrogens (tertiary/aromatic N) is 1. The van der Waals surface area contributed by atoms with Gasteiger partial charge in [-0.2, -0.15) is 5.10 Å². The molecule has 7 nitrogen and oxygen atoms in total. The SMILES string of the molecule is CCOc1ccc(Oc2ccccc2NC(=O)c2ccc(=O)[nH]n2)cc1. The van der Waals surface area contributed by atoms with Crippen molar-refractivity contribution in [2.24, 2.45) is 0 Å². The Morgan fingerprint density at radius 2 is 1.77 bits per heavy atom. The number of para-hydroxylation sites is 2. The van der Waals surface area contributed by atoms with Gasteiger partial charge in [0.05, 0.1) is 12.3 Å². The summed E-state index contributed by atoms with van der Waals surface area (Å²) >= 11 is 0. The Labute approximate surface area is 149 Å². The van der Waals surface area contributed by atoms with Gasteiger partial charge in [-0.05, 0) is 49.4 Å². The molecule has 1 aromatic heterocycles. The van der Waals surface area contributed by atoms with E-state index in [9.17, 15) is 9.59 Å². The van der Waals surface area contributed by atoms with Gasteiger partial charge in [0.1, 0.15) is 17.2 Å². The van der Waals surface area contributed by atoms with Gasteiger partial charge < -0.3 is 14.8 Å². The first-order valence-corrected chi connectivity index (χ1v) is 8.02. The van der Waals surface area contributed by atoms with E-state index in [2.05, 4.69) is 15.5 Å². The van der Waals surface area contributed by atoms with Crippen molar-refractivity contribution in [1.82, 2.24) is 10.2 Å². The van der Waals surface area contributed by atoms with E-state index in [1.807, 2.05) is 19.1 Å². The van der Waals surface area contributed by atoms with Crippen molar-refractivity contribution >= 4 is 11.6 Å². The molecule has 2 aromatic carbocycles. The molecule has 7 heteroatoms. The quantitative estimate of drug-likeness (QED) is 0.711. The lowest BCUT2D eigenvalue weighted by Gasteiger charge is -2.12. The second kappa shape index (κ2) is 7.98. The highest BCUT2D eigenvalue weighted by Gasteiger charge is 2.12. The van der Waals surface area contributed by atoms with Gasteiger partial charge >= 0.3 is 0 Å². The maximum absolute atomic E-state index is 12.3. The van der Waals surface area contributed by atoms with Crippen molar-refractivity contribution in [3.8, 4) is 17.2 Å². The van der Waals surface area contributed by atoms with Crippen molar-refractivity contribution in [3.63, 3.8) is 0 Å². The fourth-order valence-electron chi connectivity index (χ4n) is 2.21. The molecule has 2 N–H and O–H groups in total. The highest BCUT2D eigenvalue weighted by atomic mass is 16.5. The topological polar surface area (TPSA) is 93.3 Å². The first kappa shape index (κ1) is 17.2. The summed E-state index contributed by atoms with van der Waals surface area (Å²) in [7, 11) is 0. The molecule has 0 aliphatic rings. The second-order valence-electron chi connectivity index (χ2n) is 5.26. The molecule has 0 spiro atoms. The first-order valence-electron chi connectivity index (χ1n) is 8.02. The predicted molar refractivity (Wildman–Crippen MR) is 96.9 cm³/mol. The lowest BCUT2D eigenvalue weighted by Crippen LogP contribution is -2.17. The molecule has 0 fully saturated rings. The van der Waals surface area contributed by atoms with Crippen LogP contribution in [0.3, 0.4) is 0 Å². The molecule has 0 bridgehead atoms. The fourth-order valence-corrected chi connectivity index (χ4v) is 2.21. The summed E-state index contributed by atoms with van der Waals surface area (Å²) in [4.78, 5) is 23.3. The van der Waals surface area contributed by atoms with Gasteiger partial charge in [0.2, 0.25) is 0 Å². The number of nitrogens with one attached hydrogen (secondary N) is 2. The van der Waals surface area contributed by atoms with Gasteiger partial charge in [-0.15, -0.1) is 0 Å². The summed E-state index contributed by atoms with van der Waals surface area (Å²) in [6, 6.07) is 16.8. The Morgan fingerprint density at radius 1 is 1.04 bits per heavy atom. The Morgan fingerprint density at radius 3 is 2.46 bits per heavy atom. The average Bonchev–Trinajstić information content (AvgIpc) is 2.65. The smallest absolute Gasteiger partial charge is 0.276 e. The van der Waals surface area contributed by atoms with Crippen molar-refractivity contribution in [1.29, 1.82) is 0 Å². The van der Waals surface area contributed by atoms with Crippen LogP contribution in [0.25, 0.3) is 0 Å². The third kappa shape index (κ3) is 4.27. The van der Waals surface area contributed by atoms with E-state index >= 15 is 0 Å². The van der Waals surface area contributed by atoms with E-state index < -0.39 is 5.91 Å². The summed E-state index contributed by atoms with van der Waals surface area (Å²) in [5.74, 6) is 1.39. The van der Waals surface area contributed by atoms with E-state index in [-0.39, 0.29) is 11.3 Å². The van der Waals surface area contributed by atoms with Crippen LogP contribution in [0.15, 0.2) is 65.5 Å². The largest absolute Gasteiger partial charge is 0.494 e. The van der Waals surface area contributed by atoms with Gasteiger partial charge in [-0.1, -0.05) is 12.1 Å². The molecule has 0 unspecified atom stereocenters. The molecule has 0 saturated carbocycles. The third-order valence-corrected chi connectivity index (χ3v) is 3.41. The maximum atomic E-state index is 12.3. The van der Waals surface area contributed by atoms with Crippen molar-refractivity contribution < 1.29 is 14.3 Å². The number of hydrogen-bond donors (Lipinski definition) is 2. The summed E-state index contributed by atoms with van der Waals surface area (Å²) < 4.78 is 11.3. The molecule has 3 aromatic rings. The number of anilines is 1. The van der Waals surface area contributed by atoms with Crippen molar-refractivity contribution in [2.75, 3.05) is 11.9 Å². The Kier molecular flexibility index (Phi) is 5.28. The summed E-state index contributed by atoms with van der Waals surface area (Å²) in [5.41, 5.74) is 0.209. The molecule has 26 heavy (non-hydrogen) atoms. The molecular formula is C19H17N3O4. The maximum Gasteiger partial charge on any atom is 0.276 e. The minimum Gasteiger partial charge on any atom is -0.494 e. The number of H-pyrrole nitrogens is 1. The molecule has 1 heterocycles. The summed E-state index contributed by atoms with van der Waals surface area (Å²) in [6.45, 7) is 2.51. The van der Waals surface area contributed by atoms with Gasteiger partial charge in [-0.3, -0.25) is 9.59 Å². The Bertz CT molecular complexity index is 931. The first-order chi connectivity index (χ1) is 12.7. The average molecular weight is 351 g/mol. The normalized spacial score (nSPS) is 10.2. The minimum absolute atomic E-state index is 0.0977. The number of rotatable bonds is 6. The third-order valence-electron chi connectivity index (χ3n) is 3.41. The van der Waals surface area contributed by atoms with Gasteiger partial charge in [0, 0.05) is 6.07 Å². The van der Waals surface area contributed by atoms with Crippen LogP contribution in [-0.2, 0) is 0 Å². The van der Waals surface area contributed by atoms with E-state index in [1.165, 1.54) is 12.1 Å². The number of ether oxygens (including phenoxy) is 2. The number of hydrogen-bond acceptors (Lipinski definition) is 5. The number of aromatic amines is 1. The Hall–Kier alpha value is -3.61. The lowest BCUT2D eigenvalue weighted by atomic mass is 10.2. The molecule has 3 rings (SSSR count). The minimum atomic E-state index is -0.455. The van der Waals surface area contributed by atoms with Crippen LogP contribution in [0.1, 0.15) is 17.4 Å². The monoisotopic (exact) mass is 351 g/mol. The lowest BCUT2D eigenvalue weighted by molar-refractivity contribution is 0.102. The van der Waals surface area contributed by atoms with Gasteiger partial charge in [0.25, 0.3) is 11.5 Å². The van der Waals surface area contributed by atoms with Gasteiger partial charge in [-0.25, -0.2) is 5.10 Å². The molecule has 1 amide bonds. The van der Waals surface area contributed by atoms with Crippen molar-refractivity contribution in [3.05, 3.63) is 76.7 Å². The molecule has 132 valence electrons. The molecule has 0 atom stereocenters. The molecule has 0 aliphatic heterocycles. The van der Waals surface area contributed by atoms with Crippen LogP contribution in [0.5, 0.6) is 17.2 Å². The van der Waals surface area contributed by atoms with Crippen LogP contribution in [0.4, 0.5) is 5.69 Å². The number of benzene rings is 2. The molecule has 0 aliphatic carbocycles. The number of aromatic nitrogens is 2. The van der Waals surface area contributed by atoms with E-state index in [0.717, 1.165) is 5.75 Å². The summed E-state index contributed by atoms with van der Waals surface area (Å²) in [5, 5.41) is 8.66. The molecule has 0 radical (unpaired) electrons. The molecular weight excluding hydrogens is 334 g/mol. The van der Waals surface area contributed by atoms with Crippen LogP contribution in [0, 0.1) is 0 Å². The summed E-state index contributed by atoms with van der Waals surface area (Å²) in [6.07, 6.45) is 0. The van der Waals surface area contributed by atoms with Crippen LogP contribution in [-0.4, -0.2) is 22.7 Å². The zero-order chi connectivity index (χ0) is 18.4. The fraction of sp³-hybridized carbons (Fsp3) is 0.105. The molecule has 0 saturated heterocycles.